The van der Waals surface area contributed by atoms with Gasteiger partial charge in [0.15, 0.2) is 12.2 Å². The maximum absolute atomic E-state index is 13.1. The molecule has 3 N–H and O–H groups in total. The number of esters is 4. The van der Waals surface area contributed by atoms with Gasteiger partial charge in [0.2, 0.25) is 0 Å². The molecule has 106 heavy (non-hydrogen) atoms. The summed E-state index contributed by atoms with van der Waals surface area (Å²) in [5.41, 5.74) is 0. The molecule has 0 fully saturated rings. The second-order valence-corrected chi connectivity index (χ2v) is 29.9. The van der Waals surface area contributed by atoms with Gasteiger partial charge in [0, 0.05) is 25.7 Å². The summed E-state index contributed by atoms with van der Waals surface area (Å²) in [7, 11) is -9.99. The minimum atomic E-state index is -5.00. The second kappa shape index (κ2) is 78.1. The van der Waals surface area contributed by atoms with Gasteiger partial charge in [-0.05, 0) is 148 Å². The summed E-state index contributed by atoms with van der Waals surface area (Å²) < 4.78 is 68.6. The molecule has 0 aliphatic heterocycles. The highest BCUT2D eigenvalue weighted by atomic mass is 31.2. The highest BCUT2D eigenvalue weighted by molar-refractivity contribution is 7.47. The van der Waals surface area contributed by atoms with Crippen LogP contribution < -0.4 is 0 Å². The fourth-order valence-corrected chi connectivity index (χ4v) is 12.2. The summed E-state index contributed by atoms with van der Waals surface area (Å²) in [4.78, 5) is 73.1. The maximum atomic E-state index is 13.1. The second-order valence-electron chi connectivity index (χ2n) is 27.0. The molecule has 0 amide bonds. The highest BCUT2D eigenvalue weighted by Crippen LogP contribution is 2.45. The van der Waals surface area contributed by atoms with Crippen LogP contribution in [0.25, 0.3) is 0 Å². The molecule has 0 aliphatic rings. The van der Waals surface area contributed by atoms with Crippen LogP contribution in [0.1, 0.15) is 323 Å². The molecule has 0 bridgehead atoms. The molecule has 0 radical (unpaired) electrons. The van der Waals surface area contributed by atoms with Crippen LogP contribution in [-0.2, 0) is 65.4 Å². The van der Waals surface area contributed by atoms with E-state index in [1.807, 2.05) is 0 Å². The van der Waals surface area contributed by atoms with Crippen LogP contribution in [0, 0.1) is 0 Å². The molecule has 0 aliphatic carbocycles. The van der Waals surface area contributed by atoms with E-state index in [2.05, 4.69) is 174 Å². The molecule has 19 heteroatoms. The number of carbonyl (C=O) groups excluding carboxylic acids is 4. The molecule has 0 saturated carbocycles. The molecule has 0 aromatic carbocycles. The average Bonchev–Trinajstić information content (AvgIpc) is 0.933. The first-order valence-electron chi connectivity index (χ1n) is 41.1. The number of unbranched alkanes of at least 4 members (excludes halogenated alkanes) is 26. The Morgan fingerprint density at radius 1 is 0.274 bits per heavy atom. The van der Waals surface area contributed by atoms with E-state index >= 15 is 0 Å². The van der Waals surface area contributed by atoms with Crippen LogP contribution >= 0.6 is 15.6 Å². The van der Waals surface area contributed by atoms with Crippen LogP contribution in [0.4, 0.5) is 0 Å². The van der Waals surface area contributed by atoms with Crippen molar-refractivity contribution in [1.82, 2.24) is 0 Å². The molecule has 0 spiro atoms. The fraction of sp³-hybridized carbons (Fsp3) is 0.678. The first-order chi connectivity index (χ1) is 51.7. The number of ether oxygens (including phenoxy) is 4. The van der Waals surface area contributed by atoms with E-state index in [9.17, 15) is 43.2 Å². The van der Waals surface area contributed by atoms with Crippen LogP contribution in [0.2, 0.25) is 0 Å². The lowest BCUT2D eigenvalue weighted by molar-refractivity contribution is -0.161. The quantitative estimate of drug-likeness (QED) is 0.0169. The summed E-state index contributed by atoms with van der Waals surface area (Å²) in [6.07, 6.45) is 89.6. The number of carbonyl (C=O) groups is 4. The largest absolute Gasteiger partial charge is 0.472 e. The normalized spacial score (nSPS) is 14.6. The number of rotatable bonds is 76. The van der Waals surface area contributed by atoms with Crippen molar-refractivity contribution in [1.29, 1.82) is 0 Å². The van der Waals surface area contributed by atoms with E-state index in [1.54, 1.807) is 0 Å². The van der Waals surface area contributed by atoms with Crippen LogP contribution in [0.15, 0.2) is 146 Å². The average molecular weight is 1530 g/mol. The minimum Gasteiger partial charge on any atom is -0.462 e. The van der Waals surface area contributed by atoms with E-state index in [1.165, 1.54) is 70.6 Å². The van der Waals surface area contributed by atoms with Crippen molar-refractivity contribution in [2.75, 3.05) is 39.6 Å². The van der Waals surface area contributed by atoms with Gasteiger partial charge in [-0.2, -0.15) is 0 Å². The van der Waals surface area contributed by atoms with Crippen LogP contribution in [0.5, 0.6) is 0 Å². The molecule has 0 rings (SSSR count). The number of aliphatic hydroxyl groups is 1. The predicted octanol–water partition coefficient (Wildman–Crippen LogP) is 24.2. The summed E-state index contributed by atoms with van der Waals surface area (Å²) in [6.45, 7) is 4.55. The molecule has 2 unspecified atom stereocenters. The minimum absolute atomic E-state index is 0.0673. The van der Waals surface area contributed by atoms with Crippen molar-refractivity contribution >= 4 is 39.5 Å². The number of aliphatic hydroxyl groups excluding tert-OH is 1. The standard InChI is InChI=1S/C87H146O17P2/c1-5-9-13-17-21-25-29-33-36-38-40-42-45-48-51-55-59-63-67-71-84(89)97-77-82(103-86(91)73-69-65-61-57-53-47-32-28-24-20-16-12-8-4)79-101-105(93,94)99-75-81(88)76-100-106(95,96)102-80-83(104-87(92)74-70-66-62-58-54-50-44-35-31-27-23-19-15-11-7-3)78-98-85(90)72-68-64-60-56-52-49-46-43-41-39-37-34-30-26-22-18-14-10-6-2/h9-10,13-14,21-23,25-27,33-37,40-44,48-49,51-52,81-83,88H,5-8,11-12,15-20,24,28-32,38-39,45-47,50,53-80H2,1-4H3,(H,93,94)(H,95,96)/b13-9-,14-10-,25-21-,26-22-,27-23-,36-33-,37-34-,42-40-,43-41-,44-35-,51-48-,52-49-/t81-,82+,83+/m0/s1. The molecular weight excluding hydrogens is 1380 g/mol. The SMILES string of the molecule is CC/C=C\C/C=C\C/C=C\C/C=C\C/C=C\CCCCCC(=O)OC[C@H](COP(=O)(O)OC[C@@H](O)COP(=O)(O)OC[C@@H](COC(=O)CCCCC/C=C\C/C=C\C/C=C\C/C=C\C/C=C\CC)OC(=O)CCCCCCCCCCCCCCC)OC(=O)CCCCCCC/C=C\C/C=C\CCCCC. The topological polar surface area (TPSA) is 237 Å². The Kier molecular flexibility index (Phi) is 74.3. The number of phosphoric ester groups is 2. The lowest BCUT2D eigenvalue weighted by Crippen LogP contribution is -2.30. The number of allylic oxidation sites excluding steroid dienone is 24. The summed E-state index contributed by atoms with van der Waals surface area (Å²) in [5.74, 6) is -2.26. The summed E-state index contributed by atoms with van der Waals surface area (Å²) in [5, 5.41) is 10.7. The highest BCUT2D eigenvalue weighted by Gasteiger charge is 2.30. The van der Waals surface area contributed by atoms with Crippen LogP contribution in [-0.4, -0.2) is 96.7 Å². The molecule has 0 saturated heterocycles. The third-order valence-corrected chi connectivity index (χ3v) is 18.7. The van der Waals surface area contributed by atoms with Crippen molar-refractivity contribution in [2.45, 2.75) is 341 Å². The van der Waals surface area contributed by atoms with Crippen molar-refractivity contribution in [3.8, 4) is 0 Å². The zero-order valence-electron chi connectivity index (χ0n) is 66.3. The van der Waals surface area contributed by atoms with Gasteiger partial charge in [0.25, 0.3) is 0 Å². The fourth-order valence-electron chi connectivity index (χ4n) is 10.6. The number of phosphoric acid groups is 2. The zero-order chi connectivity index (χ0) is 77.4. The molecular formula is C87H146O17P2. The van der Waals surface area contributed by atoms with Crippen molar-refractivity contribution < 1.29 is 80.2 Å². The van der Waals surface area contributed by atoms with Crippen LogP contribution in [0.3, 0.4) is 0 Å². The van der Waals surface area contributed by atoms with Gasteiger partial charge in [-0.25, -0.2) is 9.13 Å². The van der Waals surface area contributed by atoms with Gasteiger partial charge >= 0.3 is 39.5 Å². The Labute approximate surface area is 643 Å². The van der Waals surface area contributed by atoms with Crippen molar-refractivity contribution in [2.24, 2.45) is 0 Å². The van der Waals surface area contributed by atoms with Gasteiger partial charge in [0.05, 0.1) is 26.4 Å². The first-order valence-corrected chi connectivity index (χ1v) is 44.1. The Morgan fingerprint density at radius 2 is 0.491 bits per heavy atom. The monoisotopic (exact) mass is 1530 g/mol. The third-order valence-electron chi connectivity index (χ3n) is 16.8. The summed E-state index contributed by atoms with van der Waals surface area (Å²) >= 11 is 0. The van der Waals surface area contributed by atoms with Gasteiger partial charge < -0.3 is 33.8 Å². The molecule has 5 atom stereocenters. The Balaban J connectivity index is 5.42. The Morgan fingerprint density at radius 3 is 0.783 bits per heavy atom. The van der Waals surface area contributed by atoms with Crippen molar-refractivity contribution in [3.05, 3.63) is 146 Å². The van der Waals surface area contributed by atoms with Gasteiger partial charge in [-0.15, -0.1) is 0 Å². The number of hydrogen-bond acceptors (Lipinski definition) is 15. The summed E-state index contributed by atoms with van der Waals surface area (Å²) in [6, 6.07) is 0. The predicted molar refractivity (Wildman–Crippen MR) is 436 cm³/mol. The molecule has 606 valence electrons. The first kappa shape index (κ1) is 101. The molecule has 17 nitrogen and oxygen atoms in total. The van der Waals surface area contributed by atoms with E-state index in [4.69, 9.17) is 37.0 Å². The lowest BCUT2D eigenvalue weighted by atomic mass is 10.0. The van der Waals surface area contributed by atoms with E-state index in [0.717, 1.165) is 173 Å². The van der Waals surface area contributed by atoms with Gasteiger partial charge in [-0.3, -0.25) is 37.3 Å². The van der Waals surface area contributed by atoms with E-state index < -0.39 is 97.5 Å². The third kappa shape index (κ3) is 77.1. The zero-order valence-corrected chi connectivity index (χ0v) is 68.1. The molecule has 0 aromatic rings. The molecule has 0 aromatic heterocycles. The van der Waals surface area contributed by atoms with E-state index in [-0.39, 0.29) is 25.7 Å². The maximum Gasteiger partial charge on any atom is 0.472 e. The lowest BCUT2D eigenvalue weighted by Gasteiger charge is -2.21. The Bertz CT molecular complexity index is 2580. The van der Waals surface area contributed by atoms with Crippen molar-refractivity contribution in [3.63, 3.8) is 0 Å². The smallest absolute Gasteiger partial charge is 0.462 e. The molecule has 0 heterocycles. The van der Waals surface area contributed by atoms with Gasteiger partial charge in [0.1, 0.15) is 19.3 Å². The Hall–Kier alpha value is -5.06. The number of hydrogen-bond donors (Lipinski definition) is 3. The van der Waals surface area contributed by atoms with Gasteiger partial charge in [-0.1, -0.05) is 296 Å². The van der Waals surface area contributed by atoms with E-state index in [0.29, 0.717) is 25.7 Å².